The number of carbonyl (C=O) groups excluding carboxylic acids is 1. The minimum atomic E-state index is -0.220. The fraction of sp³-hybridized carbons (Fsp3) is 0.167. The number of allylic oxidation sites excluding steroid dienone is 1. The number of hydrazone groups is 1. The SMILES string of the molecule is C=CCCC=NNC(=O)c1ccccc1Br. The maximum absolute atomic E-state index is 11.6. The highest BCUT2D eigenvalue weighted by molar-refractivity contribution is 9.10. The minimum Gasteiger partial charge on any atom is -0.267 e. The first kappa shape index (κ1) is 12.6. The Bertz CT molecular complexity index is 402. The van der Waals surface area contributed by atoms with Gasteiger partial charge in [0, 0.05) is 10.7 Å². The second-order valence-electron chi connectivity index (χ2n) is 3.10. The molecule has 0 fully saturated rings. The largest absolute Gasteiger partial charge is 0.272 e. The Balaban J connectivity index is 2.50. The number of hydrogen-bond donors (Lipinski definition) is 1. The van der Waals surface area contributed by atoms with Crippen LogP contribution in [0, 0.1) is 0 Å². The van der Waals surface area contributed by atoms with Crippen LogP contribution >= 0.6 is 15.9 Å². The predicted octanol–water partition coefficient (Wildman–Crippen LogP) is 3.13. The summed E-state index contributed by atoms with van der Waals surface area (Å²) in [6.07, 6.45) is 5.10. The van der Waals surface area contributed by atoms with Gasteiger partial charge in [-0.25, -0.2) is 5.43 Å². The van der Waals surface area contributed by atoms with Crippen LogP contribution in [-0.4, -0.2) is 12.1 Å². The molecule has 0 aliphatic heterocycles. The molecule has 0 spiro atoms. The molecule has 1 N–H and O–H groups in total. The zero-order valence-corrected chi connectivity index (χ0v) is 10.4. The van der Waals surface area contributed by atoms with Crippen molar-refractivity contribution in [2.24, 2.45) is 5.10 Å². The molecule has 0 aliphatic carbocycles. The fourth-order valence-corrected chi connectivity index (χ4v) is 1.53. The number of carbonyl (C=O) groups is 1. The molecular formula is C12H13BrN2O. The summed E-state index contributed by atoms with van der Waals surface area (Å²) in [7, 11) is 0. The van der Waals surface area contributed by atoms with Gasteiger partial charge >= 0.3 is 0 Å². The second-order valence-corrected chi connectivity index (χ2v) is 3.95. The standard InChI is InChI=1S/C12H13BrN2O/c1-2-3-6-9-14-15-12(16)10-7-4-5-8-11(10)13/h2,4-5,7-9H,1,3,6H2,(H,15,16). The van der Waals surface area contributed by atoms with Gasteiger partial charge < -0.3 is 0 Å². The van der Waals surface area contributed by atoms with Crippen molar-refractivity contribution in [2.75, 3.05) is 0 Å². The first-order chi connectivity index (χ1) is 7.75. The van der Waals surface area contributed by atoms with E-state index in [-0.39, 0.29) is 5.91 Å². The van der Waals surface area contributed by atoms with Crippen LogP contribution in [0.1, 0.15) is 23.2 Å². The summed E-state index contributed by atoms with van der Waals surface area (Å²) in [4.78, 5) is 11.6. The molecule has 1 amide bonds. The van der Waals surface area contributed by atoms with E-state index in [1.165, 1.54) is 0 Å². The quantitative estimate of drug-likeness (QED) is 0.383. The van der Waals surface area contributed by atoms with Crippen molar-refractivity contribution in [3.8, 4) is 0 Å². The number of amides is 1. The van der Waals surface area contributed by atoms with Crippen molar-refractivity contribution < 1.29 is 4.79 Å². The Morgan fingerprint density at radius 2 is 2.19 bits per heavy atom. The third kappa shape index (κ3) is 3.98. The Morgan fingerprint density at radius 3 is 2.88 bits per heavy atom. The zero-order valence-electron chi connectivity index (χ0n) is 8.82. The lowest BCUT2D eigenvalue weighted by Gasteiger charge is -2.01. The normalized spacial score (nSPS) is 10.3. The molecule has 0 unspecified atom stereocenters. The molecule has 1 aromatic rings. The molecule has 84 valence electrons. The molecule has 0 aliphatic rings. The molecular weight excluding hydrogens is 268 g/mol. The van der Waals surface area contributed by atoms with Crippen LogP contribution in [0.5, 0.6) is 0 Å². The first-order valence-corrected chi connectivity index (χ1v) is 5.72. The Morgan fingerprint density at radius 1 is 1.44 bits per heavy atom. The van der Waals surface area contributed by atoms with Gasteiger partial charge in [-0.2, -0.15) is 5.10 Å². The van der Waals surface area contributed by atoms with E-state index in [9.17, 15) is 4.79 Å². The molecule has 4 heteroatoms. The number of nitrogens with zero attached hydrogens (tertiary/aromatic N) is 1. The predicted molar refractivity (Wildman–Crippen MR) is 69.5 cm³/mol. The van der Waals surface area contributed by atoms with Crippen LogP contribution in [0.15, 0.2) is 46.5 Å². The van der Waals surface area contributed by atoms with Gasteiger partial charge in [0.15, 0.2) is 0 Å². The van der Waals surface area contributed by atoms with E-state index in [4.69, 9.17) is 0 Å². The molecule has 0 radical (unpaired) electrons. The van der Waals surface area contributed by atoms with Crippen LogP contribution < -0.4 is 5.43 Å². The first-order valence-electron chi connectivity index (χ1n) is 4.93. The molecule has 1 rings (SSSR count). The lowest BCUT2D eigenvalue weighted by atomic mass is 10.2. The van der Waals surface area contributed by atoms with Crippen LogP contribution in [0.2, 0.25) is 0 Å². The summed E-state index contributed by atoms with van der Waals surface area (Å²) in [5, 5.41) is 3.83. The molecule has 0 heterocycles. The highest BCUT2D eigenvalue weighted by Crippen LogP contribution is 2.15. The monoisotopic (exact) mass is 280 g/mol. The third-order valence-electron chi connectivity index (χ3n) is 1.88. The number of unbranched alkanes of at least 4 members (excludes halogenated alkanes) is 1. The van der Waals surface area contributed by atoms with Gasteiger partial charge in [-0.3, -0.25) is 4.79 Å². The van der Waals surface area contributed by atoms with Gasteiger partial charge in [-0.05, 0) is 40.9 Å². The van der Waals surface area contributed by atoms with Crippen LogP contribution in [0.25, 0.3) is 0 Å². The smallest absolute Gasteiger partial charge is 0.267 e. The molecule has 0 saturated heterocycles. The van der Waals surface area contributed by atoms with Crippen molar-refractivity contribution in [1.29, 1.82) is 0 Å². The Labute approximate surface area is 103 Å². The molecule has 3 nitrogen and oxygen atoms in total. The van der Waals surface area contributed by atoms with Crippen molar-refractivity contribution in [3.05, 3.63) is 47.0 Å². The van der Waals surface area contributed by atoms with Gasteiger partial charge in [0.1, 0.15) is 0 Å². The number of halogens is 1. The van der Waals surface area contributed by atoms with Crippen molar-refractivity contribution in [3.63, 3.8) is 0 Å². The lowest BCUT2D eigenvalue weighted by molar-refractivity contribution is 0.0954. The summed E-state index contributed by atoms with van der Waals surface area (Å²) >= 11 is 3.30. The van der Waals surface area contributed by atoms with Crippen LogP contribution in [0.4, 0.5) is 0 Å². The average molecular weight is 281 g/mol. The molecule has 1 aromatic carbocycles. The van der Waals surface area contributed by atoms with Gasteiger partial charge in [0.05, 0.1) is 5.56 Å². The van der Waals surface area contributed by atoms with E-state index in [0.29, 0.717) is 5.56 Å². The van der Waals surface area contributed by atoms with Crippen molar-refractivity contribution in [1.82, 2.24) is 5.43 Å². The summed E-state index contributed by atoms with van der Waals surface area (Å²) in [6.45, 7) is 3.60. The number of hydrogen-bond acceptors (Lipinski definition) is 2. The summed E-state index contributed by atoms with van der Waals surface area (Å²) in [5.74, 6) is -0.220. The molecule has 0 atom stereocenters. The van der Waals surface area contributed by atoms with E-state index in [1.54, 1.807) is 18.3 Å². The van der Waals surface area contributed by atoms with E-state index in [0.717, 1.165) is 17.3 Å². The highest BCUT2D eigenvalue weighted by Gasteiger charge is 2.06. The Hall–Kier alpha value is -1.42. The third-order valence-corrected chi connectivity index (χ3v) is 2.57. The summed E-state index contributed by atoms with van der Waals surface area (Å²) in [6, 6.07) is 7.21. The molecule has 0 bridgehead atoms. The maximum Gasteiger partial charge on any atom is 0.272 e. The van der Waals surface area contributed by atoms with Gasteiger partial charge in [0.2, 0.25) is 0 Å². The van der Waals surface area contributed by atoms with Gasteiger partial charge in [-0.1, -0.05) is 18.2 Å². The number of benzene rings is 1. The zero-order chi connectivity index (χ0) is 11.8. The highest BCUT2D eigenvalue weighted by atomic mass is 79.9. The Kier molecular flexibility index (Phi) is 5.50. The van der Waals surface area contributed by atoms with Gasteiger partial charge in [0.25, 0.3) is 5.91 Å². The maximum atomic E-state index is 11.6. The molecule has 16 heavy (non-hydrogen) atoms. The van der Waals surface area contributed by atoms with Crippen LogP contribution in [0.3, 0.4) is 0 Å². The fourth-order valence-electron chi connectivity index (χ4n) is 1.07. The minimum absolute atomic E-state index is 0.220. The van der Waals surface area contributed by atoms with Gasteiger partial charge in [-0.15, -0.1) is 6.58 Å². The second kappa shape index (κ2) is 6.95. The topological polar surface area (TPSA) is 41.5 Å². The summed E-state index contributed by atoms with van der Waals surface area (Å²) < 4.78 is 0.758. The molecule has 0 aromatic heterocycles. The lowest BCUT2D eigenvalue weighted by Crippen LogP contribution is -2.17. The average Bonchev–Trinajstić information content (AvgIpc) is 2.29. The van der Waals surface area contributed by atoms with Crippen LogP contribution in [-0.2, 0) is 0 Å². The number of rotatable bonds is 5. The van der Waals surface area contributed by atoms with E-state index < -0.39 is 0 Å². The van der Waals surface area contributed by atoms with Crippen molar-refractivity contribution >= 4 is 28.1 Å². The van der Waals surface area contributed by atoms with E-state index in [1.807, 2.05) is 18.2 Å². The van der Waals surface area contributed by atoms with E-state index in [2.05, 4.69) is 33.0 Å². The number of nitrogens with one attached hydrogen (secondary N) is 1. The molecule has 0 saturated carbocycles. The summed E-state index contributed by atoms with van der Waals surface area (Å²) in [5.41, 5.74) is 3.04. The van der Waals surface area contributed by atoms with Crippen molar-refractivity contribution in [2.45, 2.75) is 12.8 Å². The van der Waals surface area contributed by atoms with E-state index >= 15 is 0 Å².